The molecule has 3 aromatic rings. The van der Waals surface area contributed by atoms with Gasteiger partial charge in [0.2, 0.25) is 5.95 Å². The molecule has 2 aromatic heterocycles. The number of aromatic nitrogens is 3. The number of aryl methyl sites for hydroxylation is 3. The topological polar surface area (TPSA) is 79.8 Å². The molecule has 0 unspecified atom stereocenters. The molecule has 1 amide bonds. The molecule has 1 aromatic carbocycles. The van der Waals surface area contributed by atoms with Gasteiger partial charge in [-0.1, -0.05) is 12.1 Å². The molecular weight excluding hydrogens is 334 g/mol. The zero-order valence-electron chi connectivity index (χ0n) is 14.5. The third-order valence-corrected chi connectivity index (χ3v) is 4.55. The number of nitrogens with one attached hydrogen (secondary N) is 2. The summed E-state index contributed by atoms with van der Waals surface area (Å²) in [5.74, 6) is 0.243. The van der Waals surface area contributed by atoms with Crippen LogP contribution in [0.5, 0.6) is 0 Å². The number of thiazole rings is 1. The highest BCUT2D eigenvalue weighted by Gasteiger charge is 2.13. The van der Waals surface area contributed by atoms with Crippen molar-refractivity contribution in [2.75, 3.05) is 10.6 Å². The Morgan fingerprint density at radius 3 is 2.48 bits per heavy atom. The molecule has 25 heavy (non-hydrogen) atoms. The first-order valence-electron chi connectivity index (χ1n) is 7.85. The van der Waals surface area contributed by atoms with Crippen LogP contribution in [0.1, 0.15) is 33.0 Å². The summed E-state index contributed by atoms with van der Waals surface area (Å²) in [4.78, 5) is 25.4. The summed E-state index contributed by atoms with van der Waals surface area (Å²) >= 11 is 1.34. The fourth-order valence-electron chi connectivity index (χ4n) is 2.39. The molecule has 0 aliphatic rings. The lowest BCUT2D eigenvalue weighted by Gasteiger charge is -2.09. The number of amides is 1. The summed E-state index contributed by atoms with van der Waals surface area (Å²) < 4.78 is 0. The van der Waals surface area contributed by atoms with Crippen LogP contribution in [-0.4, -0.2) is 20.9 Å². The Balaban J connectivity index is 1.74. The van der Waals surface area contributed by atoms with Crippen molar-refractivity contribution in [1.29, 1.82) is 0 Å². The molecular formula is C18H19N5OS. The predicted octanol–water partition coefficient (Wildman–Crippen LogP) is 4.16. The SMILES string of the molecule is Cc1cc(C)nc(Nc2nc(C(=O)Nc3cccc(C)c3C)cs2)n1. The van der Waals surface area contributed by atoms with Gasteiger partial charge in [-0.25, -0.2) is 15.0 Å². The van der Waals surface area contributed by atoms with E-state index in [4.69, 9.17) is 0 Å². The molecule has 0 radical (unpaired) electrons. The summed E-state index contributed by atoms with van der Waals surface area (Å²) in [5, 5.41) is 8.25. The van der Waals surface area contributed by atoms with E-state index in [9.17, 15) is 4.79 Å². The standard InChI is InChI=1S/C18H19N5OS/c1-10-6-5-7-14(13(10)4)21-16(24)15-9-25-18(22-15)23-17-19-11(2)8-12(3)20-17/h5-9H,1-4H3,(H,21,24)(H,19,20,22,23). The van der Waals surface area contributed by atoms with E-state index in [1.54, 1.807) is 5.38 Å². The average Bonchev–Trinajstić information content (AvgIpc) is 2.99. The summed E-state index contributed by atoms with van der Waals surface area (Å²) in [6.07, 6.45) is 0. The van der Waals surface area contributed by atoms with Crippen LogP contribution in [0.2, 0.25) is 0 Å². The van der Waals surface area contributed by atoms with Gasteiger partial charge < -0.3 is 10.6 Å². The van der Waals surface area contributed by atoms with Crippen molar-refractivity contribution in [1.82, 2.24) is 15.0 Å². The Bertz CT molecular complexity index is 915. The van der Waals surface area contributed by atoms with Gasteiger partial charge in [0.05, 0.1) is 0 Å². The van der Waals surface area contributed by atoms with E-state index in [1.807, 2.05) is 52.0 Å². The maximum Gasteiger partial charge on any atom is 0.275 e. The van der Waals surface area contributed by atoms with Gasteiger partial charge in [0.1, 0.15) is 5.69 Å². The van der Waals surface area contributed by atoms with Gasteiger partial charge in [-0.15, -0.1) is 11.3 Å². The Labute approximate surface area is 150 Å². The molecule has 0 saturated heterocycles. The maximum absolute atomic E-state index is 12.4. The highest BCUT2D eigenvalue weighted by atomic mass is 32.1. The van der Waals surface area contributed by atoms with Crippen LogP contribution in [0.25, 0.3) is 0 Å². The van der Waals surface area contributed by atoms with Gasteiger partial charge in [-0.05, 0) is 51.0 Å². The second-order valence-corrected chi connectivity index (χ2v) is 6.70. The minimum atomic E-state index is -0.237. The monoisotopic (exact) mass is 353 g/mol. The molecule has 2 N–H and O–H groups in total. The van der Waals surface area contributed by atoms with Gasteiger partial charge in [-0.2, -0.15) is 0 Å². The van der Waals surface area contributed by atoms with Crippen molar-refractivity contribution in [3.8, 4) is 0 Å². The van der Waals surface area contributed by atoms with E-state index in [2.05, 4.69) is 25.6 Å². The molecule has 0 bridgehead atoms. The molecule has 7 heteroatoms. The van der Waals surface area contributed by atoms with E-state index in [-0.39, 0.29) is 5.91 Å². The first-order valence-corrected chi connectivity index (χ1v) is 8.73. The molecule has 0 aliphatic carbocycles. The lowest BCUT2D eigenvalue weighted by Crippen LogP contribution is -2.13. The number of hydrogen-bond acceptors (Lipinski definition) is 6. The molecule has 0 aliphatic heterocycles. The van der Waals surface area contributed by atoms with Crippen LogP contribution >= 0.6 is 11.3 Å². The number of anilines is 3. The van der Waals surface area contributed by atoms with Crippen LogP contribution in [0, 0.1) is 27.7 Å². The third kappa shape index (κ3) is 4.00. The highest BCUT2D eigenvalue weighted by molar-refractivity contribution is 7.14. The molecule has 2 heterocycles. The summed E-state index contributed by atoms with van der Waals surface area (Å²) in [7, 11) is 0. The summed E-state index contributed by atoms with van der Waals surface area (Å²) in [6.45, 7) is 7.81. The molecule has 0 fully saturated rings. The summed E-state index contributed by atoms with van der Waals surface area (Å²) in [5.41, 5.74) is 5.08. The molecule has 3 rings (SSSR count). The van der Waals surface area contributed by atoms with Gasteiger partial charge in [0, 0.05) is 22.5 Å². The van der Waals surface area contributed by atoms with Crippen LogP contribution < -0.4 is 10.6 Å². The average molecular weight is 353 g/mol. The van der Waals surface area contributed by atoms with Crippen molar-refractivity contribution in [3.63, 3.8) is 0 Å². The van der Waals surface area contributed by atoms with Crippen molar-refractivity contribution in [2.45, 2.75) is 27.7 Å². The van der Waals surface area contributed by atoms with Crippen molar-refractivity contribution in [3.05, 3.63) is 57.9 Å². The lowest BCUT2D eigenvalue weighted by molar-refractivity contribution is 0.102. The third-order valence-electron chi connectivity index (χ3n) is 3.79. The number of benzene rings is 1. The van der Waals surface area contributed by atoms with Gasteiger partial charge >= 0.3 is 0 Å². The van der Waals surface area contributed by atoms with Gasteiger partial charge in [-0.3, -0.25) is 4.79 Å². The van der Waals surface area contributed by atoms with Crippen LogP contribution in [0.3, 0.4) is 0 Å². The normalized spacial score (nSPS) is 10.6. The van der Waals surface area contributed by atoms with Crippen molar-refractivity contribution >= 4 is 34.0 Å². The highest BCUT2D eigenvalue weighted by Crippen LogP contribution is 2.22. The quantitative estimate of drug-likeness (QED) is 0.736. The van der Waals surface area contributed by atoms with Crippen LogP contribution in [-0.2, 0) is 0 Å². The van der Waals surface area contributed by atoms with Crippen LogP contribution in [0.4, 0.5) is 16.8 Å². The number of carbonyl (C=O) groups is 1. The van der Waals surface area contributed by atoms with E-state index < -0.39 is 0 Å². The Hall–Kier alpha value is -2.80. The van der Waals surface area contributed by atoms with Gasteiger partial charge in [0.25, 0.3) is 5.91 Å². The predicted molar refractivity (Wildman–Crippen MR) is 101 cm³/mol. The number of nitrogens with zero attached hydrogens (tertiary/aromatic N) is 3. The zero-order chi connectivity index (χ0) is 18.0. The molecule has 128 valence electrons. The maximum atomic E-state index is 12.4. The number of hydrogen-bond donors (Lipinski definition) is 2. The van der Waals surface area contributed by atoms with Gasteiger partial charge in [0.15, 0.2) is 5.13 Å². The number of rotatable bonds is 4. The molecule has 0 atom stereocenters. The Morgan fingerprint density at radius 1 is 1.04 bits per heavy atom. The first-order chi connectivity index (χ1) is 11.9. The zero-order valence-corrected chi connectivity index (χ0v) is 15.4. The second kappa shape index (κ2) is 6.98. The Morgan fingerprint density at radius 2 is 1.76 bits per heavy atom. The fraction of sp³-hybridized carbons (Fsp3) is 0.222. The minimum Gasteiger partial charge on any atom is -0.320 e. The fourth-order valence-corrected chi connectivity index (χ4v) is 3.07. The lowest BCUT2D eigenvalue weighted by atomic mass is 10.1. The first kappa shape index (κ1) is 17.0. The van der Waals surface area contributed by atoms with Crippen molar-refractivity contribution in [2.24, 2.45) is 0 Å². The Kier molecular flexibility index (Phi) is 4.76. The molecule has 0 spiro atoms. The van der Waals surface area contributed by atoms with Crippen LogP contribution in [0.15, 0.2) is 29.6 Å². The van der Waals surface area contributed by atoms with E-state index >= 15 is 0 Å². The summed E-state index contributed by atoms with van der Waals surface area (Å²) in [6, 6.07) is 7.72. The smallest absolute Gasteiger partial charge is 0.275 e. The van der Waals surface area contributed by atoms with E-state index in [1.165, 1.54) is 11.3 Å². The van der Waals surface area contributed by atoms with E-state index in [0.717, 1.165) is 28.2 Å². The minimum absolute atomic E-state index is 0.237. The van der Waals surface area contributed by atoms with Crippen molar-refractivity contribution < 1.29 is 4.79 Å². The van der Waals surface area contributed by atoms with E-state index in [0.29, 0.717) is 16.8 Å². The number of carbonyl (C=O) groups excluding carboxylic acids is 1. The largest absolute Gasteiger partial charge is 0.320 e. The molecule has 0 saturated carbocycles. The molecule has 6 nitrogen and oxygen atoms in total. The second-order valence-electron chi connectivity index (χ2n) is 5.84.